The highest BCUT2D eigenvalue weighted by Gasteiger charge is 2.16. The molecule has 1 N–H and O–H groups in total. The van der Waals surface area contributed by atoms with Crippen LogP contribution in [0.3, 0.4) is 0 Å². The first-order valence-electron chi connectivity index (χ1n) is 5.42. The Kier molecular flexibility index (Phi) is 4.38. The number of hydrogen-bond acceptors (Lipinski definition) is 6. The number of nitrogens with zero attached hydrogens (tertiary/aromatic N) is 2. The first kappa shape index (κ1) is 13.1. The maximum Gasteiger partial charge on any atom is 0.233 e. The first-order valence-corrected chi connectivity index (χ1v) is 7.11. The van der Waals surface area contributed by atoms with Crippen molar-refractivity contribution in [1.82, 2.24) is 15.5 Å². The quantitative estimate of drug-likeness (QED) is 0.852. The van der Waals surface area contributed by atoms with Crippen molar-refractivity contribution < 1.29 is 9.21 Å². The van der Waals surface area contributed by atoms with E-state index in [9.17, 15) is 4.79 Å². The fourth-order valence-electron chi connectivity index (χ4n) is 1.26. The van der Waals surface area contributed by atoms with E-state index in [0.717, 1.165) is 15.1 Å². The minimum Gasteiger partial charge on any atom is -0.467 e. The molecular formula is C11H13N3O2S2. The third-order valence-electron chi connectivity index (χ3n) is 2.17. The average molecular weight is 283 g/mol. The van der Waals surface area contributed by atoms with Crippen LogP contribution in [0, 0.1) is 6.92 Å². The lowest BCUT2D eigenvalue weighted by Crippen LogP contribution is -2.30. The van der Waals surface area contributed by atoms with Gasteiger partial charge in [-0.15, -0.1) is 10.2 Å². The Balaban J connectivity index is 1.81. The fourth-order valence-corrected chi connectivity index (χ4v) is 3.25. The Morgan fingerprint density at radius 2 is 2.44 bits per heavy atom. The number of hydrogen-bond donors (Lipinski definition) is 1. The van der Waals surface area contributed by atoms with Crippen molar-refractivity contribution in [3.8, 4) is 0 Å². The third-order valence-corrected chi connectivity index (χ3v) is 4.19. The third kappa shape index (κ3) is 3.58. The average Bonchev–Trinajstić information content (AvgIpc) is 2.97. The van der Waals surface area contributed by atoms with Crippen LogP contribution in [0.4, 0.5) is 0 Å². The van der Waals surface area contributed by atoms with Gasteiger partial charge in [0.15, 0.2) is 4.34 Å². The monoisotopic (exact) mass is 283 g/mol. The largest absolute Gasteiger partial charge is 0.467 e. The Morgan fingerprint density at radius 1 is 1.61 bits per heavy atom. The summed E-state index contributed by atoms with van der Waals surface area (Å²) in [4.78, 5) is 11.8. The molecule has 5 nitrogen and oxygen atoms in total. The zero-order valence-electron chi connectivity index (χ0n) is 10.0. The van der Waals surface area contributed by atoms with Gasteiger partial charge in [0.1, 0.15) is 10.8 Å². The summed E-state index contributed by atoms with van der Waals surface area (Å²) in [5.74, 6) is 0.705. The van der Waals surface area contributed by atoms with Crippen molar-refractivity contribution in [3.05, 3.63) is 29.2 Å². The molecule has 0 saturated carbocycles. The Bertz CT molecular complexity index is 510. The van der Waals surface area contributed by atoms with Gasteiger partial charge in [0.25, 0.3) is 0 Å². The normalized spacial score (nSPS) is 12.3. The number of amides is 1. The number of furan rings is 1. The van der Waals surface area contributed by atoms with Crippen LogP contribution in [0.1, 0.15) is 17.7 Å². The number of nitrogens with one attached hydrogen (secondary N) is 1. The van der Waals surface area contributed by atoms with Gasteiger partial charge in [-0.3, -0.25) is 4.79 Å². The lowest BCUT2D eigenvalue weighted by Gasteiger charge is -2.08. The number of aromatic nitrogens is 2. The molecule has 0 aliphatic carbocycles. The van der Waals surface area contributed by atoms with Crippen molar-refractivity contribution in [1.29, 1.82) is 0 Å². The minimum absolute atomic E-state index is 0.0377. The van der Waals surface area contributed by atoms with E-state index in [1.807, 2.05) is 19.9 Å². The van der Waals surface area contributed by atoms with E-state index in [0.29, 0.717) is 6.54 Å². The van der Waals surface area contributed by atoms with Crippen LogP contribution in [0.2, 0.25) is 0 Å². The van der Waals surface area contributed by atoms with Gasteiger partial charge in [0, 0.05) is 0 Å². The molecular weight excluding hydrogens is 270 g/mol. The van der Waals surface area contributed by atoms with E-state index < -0.39 is 0 Å². The van der Waals surface area contributed by atoms with Gasteiger partial charge in [-0.2, -0.15) is 0 Å². The van der Waals surface area contributed by atoms with Crippen molar-refractivity contribution in [3.63, 3.8) is 0 Å². The van der Waals surface area contributed by atoms with Gasteiger partial charge in [-0.1, -0.05) is 23.1 Å². The van der Waals surface area contributed by atoms with Crippen molar-refractivity contribution in [2.45, 2.75) is 30.0 Å². The Hall–Kier alpha value is -1.34. The maximum absolute atomic E-state index is 11.8. The SMILES string of the molecule is Cc1nnc(SC(C)C(=O)NCc2ccco2)s1. The van der Waals surface area contributed by atoms with Crippen LogP contribution >= 0.6 is 23.1 Å². The molecule has 0 saturated heterocycles. The van der Waals surface area contributed by atoms with Crippen LogP contribution in [-0.4, -0.2) is 21.4 Å². The molecule has 2 heterocycles. The van der Waals surface area contributed by atoms with E-state index in [-0.39, 0.29) is 11.2 Å². The molecule has 0 radical (unpaired) electrons. The molecule has 0 fully saturated rings. The molecule has 0 spiro atoms. The van der Waals surface area contributed by atoms with Crippen LogP contribution in [-0.2, 0) is 11.3 Å². The lowest BCUT2D eigenvalue weighted by atomic mass is 10.4. The summed E-state index contributed by atoms with van der Waals surface area (Å²) in [5.41, 5.74) is 0. The predicted octanol–water partition coefficient (Wildman–Crippen LogP) is 2.24. The predicted molar refractivity (Wildman–Crippen MR) is 70.5 cm³/mol. The van der Waals surface area contributed by atoms with Gasteiger partial charge in [0.2, 0.25) is 5.91 Å². The van der Waals surface area contributed by atoms with E-state index >= 15 is 0 Å². The molecule has 1 amide bonds. The van der Waals surface area contributed by atoms with Gasteiger partial charge >= 0.3 is 0 Å². The molecule has 18 heavy (non-hydrogen) atoms. The van der Waals surface area contributed by atoms with Gasteiger partial charge in [0.05, 0.1) is 18.1 Å². The smallest absolute Gasteiger partial charge is 0.233 e. The summed E-state index contributed by atoms with van der Waals surface area (Å²) in [6, 6.07) is 3.62. The topological polar surface area (TPSA) is 68.0 Å². The number of carbonyl (C=O) groups excluding carboxylic acids is 1. The summed E-state index contributed by atoms with van der Waals surface area (Å²) in [6.07, 6.45) is 1.59. The Morgan fingerprint density at radius 3 is 3.06 bits per heavy atom. The highest BCUT2D eigenvalue weighted by Crippen LogP contribution is 2.26. The fraction of sp³-hybridized carbons (Fsp3) is 0.364. The second-order valence-electron chi connectivity index (χ2n) is 3.64. The molecule has 1 atom stereocenters. The second-order valence-corrected chi connectivity index (χ2v) is 6.41. The van der Waals surface area contributed by atoms with Crippen LogP contribution in [0.25, 0.3) is 0 Å². The molecule has 0 aliphatic rings. The molecule has 96 valence electrons. The van der Waals surface area contributed by atoms with E-state index in [1.165, 1.54) is 23.1 Å². The van der Waals surface area contributed by atoms with Crippen LogP contribution in [0.15, 0.2) is 27.2 Å². The van der Waals surface area contributed by atoms with E-state index in [1.54, 1.807) is 12.3 Å². The van der Waals surface area contributed by atoms with Gasteiger partial charge < -0.3 is 9.73 Å². The summed E-state index contributed by atoms with van der Waals surface area (Å²) in [6.45, 7) is 4.15. The summed E-state index contributed by atoms with van der Waals surface area (Å²) in [7, 11) is 0. The molecule has 2 aromatic heterocycles. The van der Waals surface area contributed by atoms with E-state index in [2.05, 4.69) is 15.5 Å². The second kappa shape index (κ2) is 6.01. The summed E-state index contributed by atoms with van der Waals surface area (Å²) >= 11 is 2.90. The zero-order valence-corrected chi connectivity index (χ0v) is 11.7. The molecule has 7 heteroatoms. The molecule has 0 aliphatic heterocycles. The zero-order chi connectivity index (χ0) is 13.0. The Labute approximate surface area is 113 Å². The van der Waals surface area contributed by atoms with E-state index in [4.69, 9.17) is 4.42 Å². The van der Waals surface area contributed by atoms with Crippen molar-refractivity contribution in [2.24, 2.45) is 0 Å². The van der Waals surface area contributed by atoms with Gasteiger partial charge in [-0.25, -0.2) is 0 Å². The van der Waals surface area contributed by atoms with Crippen molar-refractivity contribution >= 4 is 29.0 Å². The van der Waals surface area contributed by atoms with Gasteiger partial charge in [-0.05, 0) is 26.0 Å². The number of aryl methyl sites for hydroxylation is 1. The highest BCUT2D eigenvalue weighted by molar-refractivity contribution is 8.02. The maximum atomic E-state index is 11.8. The van der Waals surface area contributed by atoms with Crippen molar-refractivity contribution in [2.75, 3.05) is 0 Å². The molecule has 1 unspecified atom stereocenters. The number of thioether (sulfide) groups is 1. The highest BCUT2D eigenvalue weighted by atomic mass is 32.2. The number of carbonyl (C=O) groups is 1. The first-order chi connectivity index (χ1) is 8.65. The summed E-state index contributed by atoms with van der Waals surface area (Å²) in [5, 5.41) is 11.4. The standard InChI is InChI=1S/C11H13N3O2S2/c1-7(17-11-14-13-8(2)18-11)10(15)12-6-9-4-3-5-16-9/h3-5,7H,6H2,1-2H3,(H,12,15). The minimum atomic E-state index is -0.202. The molecule has 2 rings (SSSR count). The lowest BCUT2D eigenvalue weighted by molar-refractivity contribution is -0.120. The molecule has 0 aromatic carbocycles. The van der Waals surface area contributed by atoms with Crippen LogP contribution in [0.5, 0.6) is 0 Å². The summed E-state index contributed by atoms with van der Waals surface area (Å²) < 4.78 is 5.96. The molecule has 2 aromatic rings. The van der Waals surface area contributed by atoms with Crippen LogP contribution < -0.4 is 5.32 Å². The molecule has 0 bridgehead atoms. The number of rotatable bonds is 5.